The molecule has 2 heterocycles. The Hall–Kier alpha value is -4.08. The quantitative estimate of drug-likeness (QED) is 0.484. The minimum absolute atomic E-state index is 0.0984. The van der Waals surface area contributed by atoms with Crippen molar-refractivity contribution in [2.24, 2.45) is 0 Å². The molecular weight excluding hydrogens is 423 g/mol. The van der Waals surface area contributed by atoms with Gasteiger partial charge in [-0.15, -0.1) is 18.3 Å². The highest BCUT2D eigenvalue weighted by atomic mass is 19.4. The predicted octanol–water partition coefficient (Wildman–Crippen LogP) is 4.74. The number of nitrogens with one attached hydrogen (secondary N) is 1. The maximum absolute atomic E-state index is 12.4. The number of anilines is 2. The lowest BCUT2D eigenvalue weighted by Gasteiger charge is -2.10. The molecule has 1 N–H and O–H groups in total. The van der Waals surface area contributed by atoms with Crippen molar-refractivity contribution in [2.45, 2.75) is 6.36 Å². The van der Waals surface area contributed by atoms with Gasteiger partial charge in [-0.1, -0.05) is 6.07 Å². The van der Waals surface area contributed by atoms with Gasteiger partial charge in [0.2, 0.25) is 5.95 Å². The molecule has 1 amide bonds. The third-order valence-corrected chi connectivity index (χ3v) is 4.54. The average Bonchev–Trinajstić information content (AvgIpc) is 3.15. The van der Waals surface area contributed by atoms with Crippen molar-refractivity contribution in [1.29, 1.82) is 0 Å². The molecule has 0 atom stereocenters. The minimum atomic E-state index is -4.74. The maximum atomic E-state index is 12.4. The van der Waals surface area contributed by atoms with Crippen molar-refractivity contribution in [3.8, 4) is 17.0 Å². The summed E-state index contributed by atoms with van der Waals surface area (Å²) < 4.78 is 42.7. The number of carbonyl (C=O) groups is 1. The second kappa shape index (κ2) is 8.22. The largest absolute Gasteiger partial charge is 0.573 e. The highest BCUT2D eigenvalue weighted by Crippen LogP contribution is 2.27. The number of aromatic nitrogens is 3. The van der Waals surface area contributed by atoms with Gasteiger partial charge in [-0.3, -0.25) is 4.79 Å². The molecule has 0 bridgehead atoms. The van der Waals surface area contributed by atoms with Gasteiger partial charge in [-0.2, -0.15) is 4.98 Å². The number of nitrogens with zero attached hydrogens (tertiary/aromatic N) is 4. The third kappa shape index (κ3) is 4.64. The molecule has 0 radical (unpaired) electrons. The van der Waals surface area contributed by atoms with E-state index in [-0.39, 0.29) is 11.7 Å². The first kappa shape index (κ1) is 21.2. The van der Waals surface area contributed by atoms with Crippen LogP contribution in [-0.2, 0) is 0 Å². The first-order valence-electron chi connectivity index (χ1n) is 9.50. The average molecular weight is 441 g/mol. The van der Waals surface area contributed by atoms with E-state index in [1.54, 1.807) is 61.1 Å². The molecule has 32 heavy (non-hydrogen) atoms. The van der Waals surface area contributed by atoms with E-state index in [2.05, 4.69) is 20.1 Å². The number of amides is 1. The monoisotopic (exact) mass is 441 g/mol. The molecule has 10 heteroatoms. The predicted molar refractivity (Wildman–Crippen MR) is 113 cm³/mol. The standard InChI is InChI=1S/C22H18F3N5O2/c1-29(2)20(31)15-6-10-16(11-7-15)26-21-27-19-5-3-4-18(30(19)28-21)14-8-12-17(13-9-14)32-22(23,24)25/h3-13H,1-2H3,(H,26,28). The number of rotatable bonds is 5. The molecule has 0 fully saturated rings. The summed E-state index contributed by atoms with van der Waals surface area (Å²) in [4.78, 5) is 17.9. The molecule has 0 spiro atoms. The number of pyridine rings is 1. The minimum Gasteiger partial charge on any atom is -0.406 e. The Bertz CT molecular complexity index is 1250. The van der Waals surface area contributed by atoms with Gasteiger partial charge in [0.05, 0.1) is 5.69 Å². The number of carbonyl (C=O) groups excluding carboxylic acids is 1. The number of ether oxygens (including phenoxy) is 1. The highest BCUT2D eigenvalue weighted by Gasteiger charge is 2.31. The Morgan fingerprint density at radius 3 is 2.31 bits per heavy atom. The molecule has 0 aliphatic carbocycles. The first-order chi connectivity index (χ1) is 15.2. The SMILES string of the molecule is CN(C)C(=O)c1ccc(Nc2nc3cccc(-c4ccc(OC(F)(F)F)cc4)n3n2)cc1. The normalized spacial score (nSPS) is 11.4. The van der Waals surface area contributed by atoms with E-state index in [9.17, 15) is 18.0 Å². The van der Waals surface area contributed by atoms with Gasteiger partial charge in [0.1, 0.15) is 5.75 Å². The molecule has 7 nitrogen and oxygen atoms in total. The number of hydrogen-bond acceptors (Lipinski definition) is 5. The van der Waals surface area contributed by atoms with E-state index in [1.807, 2.05) is 0 Å². The summed E-state index contributed by atoms with van der Waals surface area (Å²) in [6.45, 7) is 0. The van der Waals surface area contributed by atoms with Crippen LogP contribution in [0.1, 0.15) is 10.4 Å². The van der Waals surface area contributed by atoms with Crippen LogP contribution in [0, 0.1) is 0 Å². The molecule has 2 aromatic heterocycles. The molecule has 164 valence electrons. The Labute approximate surface area is 181 Å². The molecule has 4 aromatic rings. The van der Waals surface area contributed by atoms with Crippen LogP contribution < -0.4 is 10.1 Å². The smallest absolute Gasteiger partial charge is 0.406 e. The number of fused-ring (bicyclic) bond motifs is 1. The van der Waals surface area contributed by atoms with E-state index < -0.39 is 6.36 Å². The van der Waals surface area contributed by atoms with Crippen LogP contribution in [0.5, 0.6) is 5.75 Å². The Morgan fingerprint density at radius 1 is 1.00 bits per heavy atom. The first-order valence-corrected chi connectivity index (χ1v) is 9.50. The van der Waals surface area contributed by atoms with E-state index in [4.69, 9.17) is 0 Å². The number of hydrogen-bond donors (Lipinski definition) is 1. The molecule has 0 saturated carbocycles. The van der Waals surface area contributed by atoms with Gasteiger partial charge >= 0.3 is 6.36 Å². The molecular formula is C22H18F3N5O2. The second-order valence-corrected chi connectivity index (χ2v) is 7.09. The zero-order valence-corrected chi connectivity index (χ0v) is 17.1. The number of halogens is 3. The molecule has 4 rings (SSSR count). The van der Waals surface area contributed by atoms with Crippen LogP contribution in [0.3, 0.4) is 0 Å². The summed E-state index contributed by atoms with van der Waals surface area (Å²) in [6.07, 6.45) is -4.74. The van der Waals surface area contributed by atoms with Gasteiger partial charge in [0.15, 0.2) is 5.65 Å². The lowest BCUT2D eigenvalue weighted by atomic mass is 10.1. The highest BCUT2D eigenvalue weighted by molar-refractivity contribution is 5.94. The van der Waals surface area contributed by atoms with Crippen molar-refractivity contribution in [1.82, 2.24) is 19.5 Å². The lowest BCUT2D eigenvalue weighted by Crippen LogP contribution is -2.21. The van der Waals surface area contributed by atoms with Crippen LogP contribution in [0.4, 0.5) is 24.8 Å². The summed E-state index contributed by atoms with van der Waals surface area (Å²) in [7, 11) is 3.37. The van der Waals surface area contributed by atoms with Gasteiger partial charge < -0.3 is 15.0 Å². The topological polar surface area (TPSA) is 71.8 Å². The molecule has 0 aliphatic rings. The fourth-order valence-electron chi connectivity index (χ4n) is 3.09. The summed E-state index contributed by atoms with van der Waals surface area (Å²) in [5.74, 6) is -0.0644. The zero-order valence-electron chi connectivity index (χ0n) is 17.1. The zero-order chi connectivity index (χ0) is 22.9. The van der Waals surface area contributed by atoms with Crippen LogP contribution in [0.25, 0.3) is 16.9 Å². The summed E-state index contributed by atoms with van der Waals surface area (Å²) >= 11 is 0. The summed E-state index contributed by atoms with van der Waals surface area (Å²) in [5, 5.41) is 7.55. The second-order valence-electron chi connectivity index (χ2n) is 7.09. The van der Waals surface area contributed by atoms with E-state index in [0.29, 0.717) is 34.1 Å². The lowest BCUT2D eigenvalue weighted by molar-refractivity contribution is -0.274. The Balaban J connectivity index is 1.58. The van der Waals surface area contributed by atoms with E-state index in [0.717, 1.165) is 0 Å². The maximum Gasteiger partial charge on any atom is 0.573 e. The van der Waals surface area contributed by atoms with Gasteiger partial charge in [0.25, 0.3) is 5.91 Å². The van der Waals surface area contributed by atoms with Gasteiger partial charge in [0, 0.05) is 30.9 Å². The van der Waals surface area contributed by atoms with Crippen LogP contribution in [-0.4, -0.2) is 45.9 Å². The summed E-state index contributed by atoms with van der Waals surface area (Å²) in [6, 6.07) is 17.8. The fourth-order valence-corrected chi connectivity index (χ4v) is 3.09. The van der Waals surface area contributed by atoms with Crippen molar-refractivity contribution < 1.29 is 22.7 Å². The molecule has 0 saturated heterocycles. The van der Waals surface area contributed by atoms with Gasteiger partial charge in [-0.25, -0.2) is 4.52 Å². The van der Waals surface area contributed by atoms with Gasteiger partial charge in [-0.05, 0) is 60.7 Å². The Kier molecular flexibility index (Phi) is 5.43. The third-order valence-electron chi connectivity index (χ3n) is 4.54. The molecule has 2 aromatic carbocycles. The van der Waals surface area contributed by atoms with Crippen molar-refractivity contribution >= 4 is 23.2 Å². The fraction of sp³-hybridized carbons (Fsp3) is 0.136. The van der Waals surface area contributed by atoms with E-state index >= 15 is 0 Å². The van der Waals surface area contributed by atoms with Crippen LogP contribution in [0.2, 0.25) is 0 Å². The van der Waals surface area contributed by atoms with Crippen molar-refractivity contribution in [2.75, 3.05) is 19.4 Å². The number of alkyl halides is 3. The van der Waals surface area contributed by atoms with Crippen molar-refractivity contribution in [3.05, 3.63) is 72.3 Å². The summed E-state index contributed by atoms with van der Waals surface area (Å²) in [5.41, 5.74) is 3.11. The van der Waals surface area contributed by atoms with Crippen LogP contribution in [0.15, 0.2) is 66.7 Å². The Morgan fingerprint density at radius 2 is 1.69 bits per heavy atom. The van der Waals surface area contributed by atoms with Crippen molar-refractivity contribution in [3.63, 3.8) is 0 Å². The number of benzene rings is 2. The molecule has 0 unspecified atom stereocenters. The van der Waals surface area contributed by atoms with E-state index in [1.165, 1.54) is 29.2 Å². The van der Waals surface area contributed by atoms with Crippen LogP contribution >= 0.6 is 0 Å². The molecule has 0 aliphatic heterocycles.